The van der Waals surface area contributed by atoms with Gasteiger partial charge in [0.2, 0.25) is 5.55 Å². The number of hydrogen-bond acceptors (Lipinski definition) is 5. The Hall–Kier alpha value is -4.05. The highest BCUT2D eigenvalue weighted by Gasteiger charge is 2.16. The minimum Gasteiger partial charge on any atom is -0.436 e. The van der Waals surface area contributed by atoms with Crippen LogP contribution in [-0.4, -0.2) is 14.3 Å². The molecule has 0 saturated carbocycles. The summed E-state index contributed by atoms with van der Waals surface area (Å²) >= 11 is 0. The fraction of sp³-hybridized carbons (Fsp3) is 0.0435. The van der Waals surface area contributed by atoms with E-state index in [-0.39, 0.29) is 21.7 Å². The molecule has 10 heteroatoms. The zero-order chi connectivity index (χ0) is 23.6. The molecule has 0 radical (unpaired) electrons. The van der Waals surface area contributed by atoms with Gasteiger partial charge in [-0.15, -0.1) is 5.10 Å². The number of carbonyl (C=O) groups excluding carboxylic acids is 1. The van der Waals surface area contributed by atoms with Gasteiger partial charge in [0.25, 0.3) is 15.9 Å². The van der Waals surface area contributed by atoms with E-state index in [2.05, 4.69) is 15.2 Å². The van der Waals surface area contributed by atoms with E-state index in [0.717, 1.165) is 17.7 Å². The molecular weight excluding hydrogens is 452 g/mol. The number of sulfonamides is 1. The maximum Gasteiger partial charge on any atom is 0.276 e. The SMILES string of the molecule is Cc1ccc(S(=O)(=O)N/N=c2\oc3ccccc3cc2C(=O)Nc2ccc(F)c(F)c2)cc1. The van der Waals surface area contributed by atoms with Crippen molar-refractivity contribution in [1.82, 2.24) is 4.83 Å². The number of fused-ring (bicyclic) bond motifs is 1. The minimum atomic E-state index is -4.04. The lowest BCUT2D eigenvalue weighted by atomic mass is 10.1. The summed E-state index contributed by atoms with van der Waals surface area (Å²) < 4.78 is 57.6. The number of hydrogen-bond donors (Lipinski definition) is 2. The van der Waals surface area contributed by atoms with Gasteiger partial charge in [-0.2, -0.15) is 13.2 Å². The van der Waals surface area contributed by atoms with Crippen LogP contribution in [0, 0.1) is 18.6 Å². The van der Waals surface area contributed by atoms with Crippen molar-refractivity contribution in [3.05, 3.63) is 101 Å². The monoisotopic (exact) mass is 469 g/mol. The normalized spacial score (nSPS) is 12.0. The molecule has 0 unspecified atom stereocenters. The highest BCUT2D eigenvalue weighted by molar-refractivity contribution is 7.89. The first kappa shape index (κ1) is 22.2. The van der Waals surface area contributed by atoms with E-state index in [0.29, 0.717) is 11.0 Å². The quantitative estimate of drug-likeness (QED) is 0.431. The molecule has 4 aromatic rings. The average molecular weight is 469 g/mol. The van der Waals surface area contributed by atoms with Crippen LogP contribution in [0.1, 0.15) is 15.9 Å². The van der Waals surface area contributed by atoms with Crippen molar-refractivity contribution >= 4 is 32.6 Å². The minimum absolute atomic E-state index is 0.00163. The highest BCUT2D eigenvalue weighted by Crippen LogP contribution is 2.17. The van der Waals surface area contributed by atoms with Crippen LogP contribution in [0.3, 0.4) is 0 Å². The van der Waals surface area contributed by atoms with Crippen molar-refractivity contribution in [2.75, 3.05) is 5.32 Å². The predicted molar refractivity (Wildman–Crippen MR) is 118 cm³/mol. The summed E-state index contributed by atoms with van der Waals surface area (Å²) in [6.07, 6.45) is 0. The Morgan fingerprint density at radius 2 is 1.67 bits per heavy atom. The van der Waals surface area contributed by atoms with E-state index in [1.54, 1.807) is 36.4 Å². The summed E-state index contributed by atoms with van der Waals surface area (Å²) in [5, 5.41) is 6.79. The number of rotatable bonds is 5. The Morgan fingerprint density at radius 3 is 2.39 bits per heavy atom. The number of halogens is 2. The molecule has 0 aliphatic rings. The smallest absolute Gasteiger partial charge is 0.276 e. The Labute approximate surface area is 187 Å². The summed E-state index contributed by atoms with van der Waals surface area (Å²) in [6.45, 7) is 1.82. The second-order valence-corrected chi connectivity index (χ2v) is 8.77. The maximum atomic E-state index is 13.5. The molecule has 0 aliphatic heterocycles. The molecule has 1 amide bonds. The molecule has 0 saturated heterocycles. The zero-order valence-electron chi connectivity index (χ0n) is 17.2. The summed E-state index contributed by atoms with van der Waals surface area (Å²) in [7, 11) is -4.04. The highest BCUT2D eigenvalue weighted by atomic mass is 32.2. The zero-order valence-corrected chi connectivity index (χ0v) is 18.0. The number of benzene rings is 3. The number of amides is 1. The Kier molecular flexibility index (Phi) is 5.93. The van der Waals surface area contributed by atoms with E-state index in [4.69, 9.17) is 4.42 Å². The van der Waals surface area contributed by atoms with Crippen LogP contribution in [0.4, 0.5) is 14.5 Å². The second-order valence-electron chi connectivity index (χ2n) is 7.11. The van der Waals surface area contributed by atoms with Gasteiger partial charge in [-0.3, -0.25) is 4.79 Å². The standard InChI is InChI=1S/C23H17F2N3O4S/c1-14-6-9-17(10-7-14)33(30,31)28-27-23-18(12-15-4-2-3-5-21(15)32-23)22(29)26-16-8-11-19(24)20(25)13-16/h2-13,28H,1H3,(H,26,29)/b27-23-. The fourth-order valence-corrected chi connectivity index (χ4v) is 3.76. The maximum absolute atomic E-state index is 13.5. The molecule has 1 aromatic heterocycles. The molecule has 0 spiro atoms. The number of carbonyl (C=O) groups is 1. The second kappa shape index (κ2) is 8.83. The van der Waals surface area contributed by atoms with Gasteiger partial charge in [-0.25, -0.2) is 8.78 Å². The van der Waals surface area contributed by atoms with Gasteiger partial charge < -0.3 is 9.73 Å². The molecule has 0 fully saturated rings. The molecule has 1 heterocycles. The largest absolute Gasteiger partial charge is 0.436 e. The third kappa shape index (κ3) is 4.90. The van der Waals surface area contributed by atoms with Crippen LogP contribution >= 0.6 is 0 Å². The third-order valence-corrected chi connectivity index (χ3v) is 5.90. The van der Waals surface area contributed by atoms with Gasteiger partial charge in [0.1, 0.15) is 11.1 Å². The van der Waals surface area contributed by atoms with Crippen LogP contribution in [0.5, 0.6) is 0 Å². The van der Waals surface area contributed by atoms with E-state index < -0.39 is 27.6 Å². The first-order valence-corrected chi connectivity index (χ1v) is 11.1. The van der Waals surface area contributed by atoms with Gasteiger partial charge in [0, 0.05) is 17.1 Å². The van der Waals surface area contributed by atoms with Crippen LogP contribution in [0.25, 0.3) is 11.0 Å². The van der Waals surface area contributed by atoms with Gasteiger partial charge in [-0.05, 0) is 43.3 Å². The molecule has 3 aromatic carbocycles. The summed E-state index contributed by atoms with van der Waals surface area (Å²) in [5.74, 6) is -2.95. The van der Waals surface area contributed by atoms with Crippen molar-refractivity contribution in [3.63, 3.8) is 0 Å². The van der Waals surface area contributed by atoms with Crippen LogP contribution in [0.2, 0.25) is 0 Å². The van der Waals surface area contributed by atoms with Crippen molar-refractivity contribution in [2.45, 2.75) is 11.8 Å². The first-order valence-electron chi connectivity index (χ1n) is 9.64. The van der Waals surface area contributed by atoms with Crippen LogP contribution in [0.15, 0.2) is 87.2 Å². The van der Waals surface area contributed by atoms with Gasteiger partial charge in [-0.1, -0.05) is 35.9 Å². The number of aryl methyl sites for hydroxylation is 1. The number of para-hydroxylation sites is 1. The first-order chi connectivity index (χ1) is 15.7. The van der Waals surface area contributed by atoms with E-state index >= 15 is 0 Å². The third-order valence-electron chi connectivity index (χ3n) is 4.68. The molecule has 0 atom stereocenters. The summed E-state index contributed by atoms with van der Waals surface area (Å²) in [5.41, 5.74) is 0.800. The van der Waals surface area contributed by atoms with Gasteiger partial charge in [0.15, 0.2) is 11.6 Å². The van der Waals surface area contributed by atoms with Crippen LogP contribution in [-0.2, 0) is 10.0 Å². The Morgan fingerprint density at radius 1 is 0.939 bits per heavy atom. The lowest BCUT2D eigenvalue weighted by Gasteiger charge is -2.08. The van der Waals surface area contributed by atoms with E-state index in [1.165, 1.54) is 24.3 Å². The molecule has 33 heavy (non-hydrogen) atoms. The number of nitrogens with one attached hydrogen (secondary N) is 2. The van der Waals surface area contributed by atoms with E-state index in [1.807, 2.05) is 6.92 Å². The van der Waals surface area contributed by atoms with Crippen molar-refractivity contribution in [2.24, 2.45) is 5.10 Å². The average Bonchev–Trinajstić information content (AvgIpc) is 2.80. The van der Waals surface area contributed by atoms with Crippen LogP contribution < -0.4 is 15.7 Å². The molecule has 0 bridgehead atoms. The van der Waals surface area contributed by atoms with Gasteiger partial charge in [0.05, 0.1) is 4.90 Å². The summed E-state index contributed by atoms with van der Waals surface area (Å²) in [6, 6.07) is 17.2. The van der Waals surface area contributed by atoms with E-state index in [9.17, 15) is 22.0 Å². The lowest BCUT2D eigenvalue weighted by Crippen LogP contribution is -2.27. The lowest BCUT2D eigenvalue weighted by molar-refractivity contribution is 0.102. The molecule has 2 N–H and O–H groups in total. The Balaban J connectivity index is 1.74. The predicted octanol–water partition coefficient (Wildman–Crippen LogP) is 4.07. The number of nitrogens with zero attached hydrogens (tertiary/aromatic N) is 1. The summed E-state index contributed by atoms with van der Waals surface area (Å²) in [4.78, 5) is 14.9. The van der Waals surface area contributed by atoms with Gasteiger partial charge >= 0.3 is 0 Å². The van der Waals surface area contributed by atoms with Crippen molar-refractivity contribution < 1.29 is 26.4 Å². The molecule has 7 nitrogen and oxygen atoms in total. The molecular formula is C23H17F2N3O4S. The Bertz CT molecular complexity index is 1530. The topological polar surface area (TPSA) is 101 Å². The molecule has 168 valence electrons. The molecule has 0 aliphatic carbocycles. The fourth-order valence-electron chi connectivity index (χ4n) is 2.96. The molecule has 4 rings (SSSR count). The number of anilines is 1. The van der Waals surface area contributed by atoms with Crippen molar-refractivity contribution in [3.8, 4) is 0 Å². The van der Waals surface area contributed by atoms with Crippen molar-refractivity contribution in [1.29, 1.82) is 0 Å².